The lowest BCUT2D eigenvalue weighted by Crippen LogP contribution is -2.12. The van der Waals surface area contributed by atoms with E-state index >= 15 is 0 Å². The Labute approximate surface area is 121 Å². The third kappa shape index (κ3) is 4.75. The quantitative estimate of drug-likeness (QED) is 0.487. The number of hydrogen-bond acceptors (Lipinski definition) is 3. The van der Waals surface area contributed by atoms with Crippen LogP contribution in [0.2, 0.25) is 0 Å². The molecule has 108 valence electrons. The van der Waals surface area contributed by atoms with Crippen LogP contribution in [0.4, 0.5) is 0 Å². The van der Waals surface area contributed by atoms with Gasteiger partial charge in [-0.2, -0.15) is 0 Å². The molecule has 20 heavy (non-hydrogen) atoms. The fourth-order valence-corrected chi connectivity index (χ4v) is 2.31. The van der Waals surface area contributed by atoms with E-state index in [0.717, 1.165) is 0 Å². The molecule has 0 radical (unpaired) electrons. The molecule has 0 aromatic heterocycles. The molecule has 0 unspecified atom stereocenters. The van der Waals surface area contributed by atoms with Crippen LogP contribution in [0, 0.1) is 16.6 Å². The van der Waals surface area contributed by atoms with Gasteiger partial charge >= 0.3 is 0 Å². The summed E-state index contributed by atoms with van der Waals surface area (Å²) in [6.07, 6.45) is 1.53. The SMILES string of the molecule is CCO/C(=C/C#CS(=O)(=O)c1ccccc1)C(C)(C)C. The number of ether oxygens (including phenoxy) is 1. The number of allylic oxidation sites excluding steroid dienone is 2. The summed E-state index contributed by atoms with van der Waals surface area (Å²) in [5, 5.41) is 2.30. The van der Waals surface area contributed by atoms with Crippen LogP contribution in [0.15, 0.2) is 47.1 Å². The second-order valence-electron chi connectivity index (χ2n) is 5.25. The van der Waals surface area contributed by atoms with Gasteiger partial charge in [0.1, 0.15) is 5.76 Å². The third-order valence-corrected chi connectivity index (χ3v) is 3.77. The maximum Gasteiger partial charge on any atom is 0.245 e. The molecule has 0 fully saturated rings. The van der Waals surface area contributed by atoms with E-state index in [9.17, 15) is 8.42 Å². The largest absolute Gasteiger partial charge is 0.497 e. The van der Waals surface area contributed by atoms with Crippen molar-refractivity contribution in [3.8, 4) is 11.2 Å². The normalized spacial score (nSPS) is 12.5. The van der Waals surface area contributed by atoms with E-state index in [1.54, 1.807) is 18.2 Å². The van der Waals surface area contributed by atoms with Gasteiger partial charge < -0.3 is 4.74 Å². The predicted molar refractivity (Wildman–Crippen MR) is 80.6 cm³/mol. The van der Waals surface area contributed by atoms with E-state index in [1.165, 1.54) is 18.2 Å². The molecule has 3 nitrogen and oxygen atoms in total. The molecule has 0 amide bonds. The van der Waals surface area contributed by atoms with Gasteiger partial charge in [-0.1, -0.05) is 44.9 Å². The van der Waals surface area contributed by atoms with Crippen LogP contribution in [-0.4, -0.2) is 15.0 Å². The maximum atomic E-state index is 12.0. The first kappa shape index (κ1) is 16.3. The van der Waals surface area contributed by atoms with Crippen LogP contribution in [0.25, 0.3) is 0 Å². The minimum Gasteiger partial charge on any atom is -0.497 e. The third-order valence-electron chi connectivity index (χ3n) is 2.49. The van der Waals surface area contributed by atoms with Crippen molar-refractivity contribution in [3.63, 3.8) is 0 Å². The fourth-order valence-electron chi connectivity index (χ4n) is 1.46. The van der Waals surface area contributed by atoms with Crippen molar-refractivity contribution in [1.82, 2.24) is 0 Å². The molecule has 0 bridgehead atoms. The minimum atomic E-state index is -3.58. The topological polar surface area (TPSA) is 43.4 Å². The molecule has 1 rings (SSSR count). The van der Waals surface area contributed by atoms with Crippen molar-refractivity contribution >= 4 is 9.84 Å². The Bertz CT molecular complexity index is 624. The van der Waals surface area contributed by atoms with Crippen LogP contribution in [0.1, 0.15) is 27.7 Å². The maximum absolute atomic E-state index is 12.0. The lowest BCUT2D eigenvalue weighted by molar-refractivity contribution is 0.164. The van der Waals surface area contributed by atoms with Crippen LogP contribution in [0.3, 0.4) is 0 Å². The van der Waals surface area contributed by atoms with Crippen molar-refractivity contribution in [1.29, 1.82) is 0 Å². The Morgan fingerprint density at radius 1 is 1.25 bits per heavy atom. The molecule has 0 aliphatic rings. The smallest absolute Gasteiger partial charge is 0.245 e. The van der Waals surface area contributed by atoms with E-state index in [1.807, 2.05) is 27.7 Å². The Kier molecular flexibility index (Phi) is 5.41. The molecular weight excluding hydrogens is 272 g/mol. The Hall–Kier alpha value is -1.73. The fraction of sp³-hybridized carbons (Fsp3) is 0.375. The lowest BCUT2D eigenvalue weighted by Gasteiger charge is -2.21. The number of sulfone groups is 1. The average molecular weight is 292 g/mol. The molecule has 1 aromatic carbocycles. The molecule has 0 atom stereocenters. The van der Waals surface area contributed by atoms with Crippen molar-refractivity contribution in [2.75, 3.05) is 6.61 Å². The van der Waals surface area contributed by atoms with Crippen molar-refractivity contribution in [2.45, 2.75) is 32.6 Å². The van der Waals surface area contributed by atoms with Crippen LogP contribution >= 0.6 is 0 Å². The summed E-state index contributed by atoms with van der Waals surface area (Å²) in [6, 6.07) is 8.16. The Balaban J connectivity index is 3.05. The molecule has 0 N–H and O–H groups in total. The molecule has 0 spiro atoms. The zero-order valence-corrected chi connectivity index (χ0v) is 13.1. The zero-order chi connectivity index (χ0) is 15.2. The second kappa shape index (κ2) is 6.62. The summed E-state index contributed by atoms with van der Waals surface area (Å²) in [7, 11) is -3.58. The molecule has 0 heterocycles. The van der Waals surface area contributed by atoms with Crippen molar-refractivity contribution < 1.29 is 13.2 Å². The van der Waals surface area contributed by atoms with Gasteiger partial charge in [0.15, 0.2) is 0 Å². The number of benzene rings is 1. The zero-order valence-electron chi connectivity index (χ0n) is 12.3. The van der Waals surface area contributed by atoms with E-state index in [4.69, 9.17) is 4.74 Å². The summed E-state index contributed by atoms with van der Waals surface area (Å²) < 4.78 is 29.4. The van der Waals surface area contributed by atoms with E-state index in [-0.39, 0.29) is 10.3 Å². The van der Waals surface area contributed by atoms with Gasteiger partial charge in [0.05, 0.1) is 11.5 Å². The van der Waals surface area contributed by atoms with Gasteiger partial charge in [0.2, 0.25) is 9.84 Å². The molecule has 1 aromatic rings. The molecule has 4 heteroatoms. The Morgan fingerprint density at radius 3 is 2.35 bits per heavy atom. The first-order valence-corrected chi connectivity index (χ1v) is 7.91. The van der Waals surface area contributed by atoms with Crippen LogP contribution in [-0.2, 0) is 14.6 Å². The summed E-state index contributed by atoms with van der Waals surface area (Å²) in [6.45, 7) is 8.37. The number of hydrogen-bond donors (Lipinski definition) is 0. The average Bonchev–Trinajstić information content (AvgIpc) is 2.37. The van der Waals surface area contributed by atoms with Crippen molar-refractivity contribution in [2.24, 2.45) is 5.41 Å². The van der Waals surface area contributed by atoms with Gasteiger partial charge in [0.25, 0.3) is 0 Å². The standard InChI is InChI=1S/C16H20O3S/c1-5-19-15(16(2,3)4)12-9-13-20(17,18)14-10-7-6-8-11-14/h6-8,10-12H,5H2,1-4H3/b15-12+. The van der Waals surface area contributed by atoms with E-state index in [0.29, 0.717) is 12.4 Å². The van der Waals surface area contributed by atoms with E-state index in [2.05, 4.69) is 11.2 Å². The highest BCUT2D eigenvalue weighted by atomic mass is 32.2. The molecule has 0 aliphatic carbocycles. The monoisotopic (exact) mass is 292 g/mol. The van der Waals surface area contributed by atoms with Crippen molar-refractivity contribution in [3.05, 3.63) is 42.2 Å². The van der Waals surface area contributed by atoms with Gasteiger partial charge in [-0.3, -0.25) is 0 Å². The highest BCUT2D eigenvalue weighted by Crippen LogP contribution is 2.25. The Morgan fingerprint density at radius 2 is 1.85 bits per heavy atom. The summed E-state index contributed by atoms with van der Waals surface area (Å²) in [5.74, 6) is 3.27. The molecule has 0 aliphatic heterocycles. The lowest BCUT2D eigenvalue weighted by atomic mass is 9.93. The predicted octanol–water partition coefficient (Wildman–Crippen LogP) is 3.39. The second-order valence-corrected chi connectivity index (χ2v) is 6.94. The summed E-state index contributed by atoms with van der Waals surface area (Å²) in [4.78, 5) is 0.203. The van der Waals surface area contributed by atoms with E-state index < -0.39 is 9.84 Å². The van der Waals surface area contributed by atoms with Gasteiger partial charge in [-0.25, -0.2) is 8.42 Å². The molecule has 0 saturated carbocycles. The van der Waals surface area contributed by atoms with Crippen LogP contribution < -0.4 is 0 Å². The number of rotatable bonds is 3. The molecular formula is C16H20O3S. The van der Waals surface area contributed by atoms with Crippen LogP contribution in [0.5, 0.6) is 0 Å². The highest BCUT2D eigenvalue weighted by molar-refractivity contribution is 7.96. The first-order chi connectivity index (χ1) is 9.27. The first-order valence-electron chi connectivity index (χ1n) is 6.43. The molecule has 0 saturated heterocycles. The minimum absolute atomic E-state index is 0.203. The highest BCUT2D eigenvalue weighted by Gasteiger charge is 2.17. The van der Waals surface area contributed by atoms with Gasteiger partial charge in [-0.05, 0) is 19.1 Å². The van der Waals surface area contributed by atoms with Gasteiger partial charge in [-0.15, -0.1) is 0 Å². The summed E-state index contributed by atoms with van der Waals surface area (Å²) >= 11 is 0. The van der Waals surface area contributed by atoms with Gasteiger partial charge in [0, 0.05) is 16.7 Å². The summed E-state index contributed by atoms with van der Waals surface area (Å²) in [5.41, 5.74) is -0.207.